The maximum Gasteiger partial charge on any atom is 0.263 e. The highest BCUT2D eigenvalue weighted by molar-refractivity contribution is 7.92. The number of anilines is 1. The molecule has 0 saturated heterocycles. The van der Waals surface area contributed by atoms with E-state index < -0.39 is 10.0 Å². The molecule has 1 N–H and O–H groups in total. The van der Waals surface area contributed by atoms with E-state index in [0.717, 1.165) is 0 Å². The number of sulfonamides is 1. The highest BCUT2D eigenvalue weighted by Gasteiger charge is 2.22. The molecule has 28 heavy (non-hydrogen) atoms. The van der Waals surface area contributed by atoms with Crippen LogP contribution < -0.4 is 4.72 Å². The Kier molecular flexibility index (Phi) is 5.98. The molecule has 3 rings (SSSR count). The predicted molar refractivity (Wildman–Crippen MR) is 108 cm³/mol. The maximum atomic E-state index is 12.7. The van der Waals surface area contributed by atoms with Crippen LogP contribution >= 0.6 is 23.2 Å². The highest BCUT2D eigenvalue weighted by atomic mass is 35.5. The zero-order valence-electron chi connectivity index (χ0n) is 14.7. The summed E-state index contributed by atoms with van der Waals surface area (Å²) in [7, 11) is -2.41. The Balaban J connectivity index is 1.85. The molecule has 0 aliphatic heterocycles. The van der Waals surface area contributed by atoms with Crippen LogP contribution in [-0.2, 0) is 16.6 Å². The van der Waals surface area contributed by atoms with Gasteiger partial charge in [-0.3, -0.25) is 9.52 Å². The molecule has 1 aromatic heterocycles. The topological polar surface area (TPSA) is 79.6 Å². The van der Waals surface area contributed by atoms with Crippen LogP contribution in [0.1, 0.15) is 16.1 Å². The number of furan rings is 1. The van der Waals surface area contributed by atoms with Crippen LogP contribution in [0.15, 0.2) is 70.2 Å². The third-order valence-corrected chi connectivity index (χ3v) is 6.00. The van der Waals surface area contributed by atoms with Gasteiger partial charge in [0.1, 0.15) is 10.7 Å². The summed E-state index contributed by atoms with van der Waals surface area (Å²) in [6.45, 7) is 0.250. The van der Waals surface area contributed by atoms with Crippen LogP contribution in [0.3, 0.4) is 0 Å². The van der Waals surface area contributed by atoms with E-state index in [0.29, 0.717) is 16.5 Å². The van der Waals surface area contributed by atoms with Gasteiger partial charge < -0.3 is 9.32 Å². The lowest BCUT2D eigenvalue weighted by atomic mass is 10.2. The number of hydrogen-bond acceptors (Lipinski definition) is 4. The van der Waals surface area contributed by atoms with Gasteiger partial charge in [0.25, 0.3) is 15.9 Å². The Morgan fingerprint density at radius 2 is 1.82 bits per heavy atom. The van der Waals surface area contributed by atoms with E-state index in [4.69, 9.17) is 27.6 Å². The number of nitrogens with zero attached hydrogens (tertiary/aromatic N) is 1. The summed E-state index contributed by atoms with van der Waals surface area (Å²) in [5.41, 5.74) is 0.516. The summed E-state index contributed by atoms with van der Waals surface area (Å²) in [6.07, 6.45) is 1.52. The largest absolute Gasteiger partial charge is 0.467 e. The fourth-order valence-electron chi connectivity index (χ4n) is 2.50. The lowest BCUT2D eigenvalue weighted by Gasteiger charge is -2.17. The molecule has 146 valence electrons. The molecule has 0 saturated carbocycles. The standard InChI is InChI=1S/C19H16Cl2N2O4S/c1-23(12-16-3-2-10-27-16)19(24)13-4-9-17(21)18(11-13)28(25,26)22-15-7-5-14(20)6-8-15/h2-11,22H,12H2,1H3. The van der Waals surface area contributed by atoms with Crippen molar-refractivity contribution < 1.29 is 17.6 Å². The first-order valence-electron chi connectivity index (χ1n) is 8.12. The van der Waals surface area contributed by atoms with Crippen LogP contribution in [0.2, 0.25) is 10.0 Å². The molecule has 3 aromatic rings. The molecule has 6 nitrogen and oxygen atoms in total. The van der Waals surface area contributed by atoms with Crippen LogP contribution in [0.4, 0.5) is 5.69 Å². The van der Waals surface area contributed by atoms with Crippen molar-refractivity contribution in [2.45, 2.75) is 11.4 Å². The van der Waals surface area contributed by atoms with Gasteiger partial charge in [-0.1, -0.05) is 23.2 Å². The molecule has 0 unspecified atom stereocenters. The summed E-state index contributed by atoms with van der Waals surface area (Å²) in [5, 5.41) is 0.486. The number of amides is 1. The van der Waals surface area contributed by atoms with Gasteiger partial charge in [0.15, 0.2) is 0 Å². The molecule has 1 amide bonds. The summed E-state index contributed by atoms with van der Waals surface area (Å²) >= 11 is 11.9. The minimum absolute atomic E-state index is 0.00620. The number of halogens is 2. The number of rotatable bonds is 6. The maximum absolute atomic E-state index is 12.7. The van der Waals surface area contributed by atoms with Gasteiger partial charge in [-0.05, 0) is 54.6 Å². The van der Waals surface area contributed by atoms with E-state index in [1.165, 1.54) is 41.5 Å². The van der Waals surface area contributed by atoms with Gasteiger partial charge in [0, 0.05) is 23.3 Å². The Hall–Kier alpha value is -2.48. The molecular weight excluding hydrogens is 423 g/mol. The molecule has 0 radical (unpaired) electrons. The fraction of sp³-hybridized carbons (Fsp3) is 0.105. The second kappa shape index (κ2) is 8.26. The predicted octanol–water partition coefficient (Wildman–Crippen LogP) is 4.66. The minimum Gasteiger partial charge on any atom is -0.467 e. The number of benzene rings is 2. The van der Waals surface area contributed by atoms with Gasteiger partial charge >= 0.3 is 0 Å². The van der Waals surface area contributed by atoms with Gasteiger partial charge in [0.2, 0.25) is 0 Å². The third-order valence-electron chi connectivity index (χ3n) is 3.88. The third kappa shape index (κ3) is 4.67. The minimum atomic E-state index is -4.00. The van der Waals surface area contributed by atoms with E-state index in [9.17, 15) is 13.2 Å². The van der Waals surface area contributed by atoms with Crippen molar-refractivity contribution in [3.8, 4) is 0 Å². The van der Waals surface area contributed by atoms with E-state index in [1.807, 2.05) is 0 Å². The van der Waals surface area contributed by atoms with Crippen LogP contribution in [0.5, 0.6) is 0 Å². The van der Waals surface area contributed by atoms with Gasteiger partial charge in [-0.15, -0.1) is 0 Å². The van der Waals surface area contributed by atoms with Gasteiger partial charge in [-0.2, -0.15) is 0 Å². The van der Waals surface area contributed by atoms with Gasteiger partial charge in [-0.25, -0.2) is 8.42 Å². The summed E-state index contributed by atoms with van der Waals surface area (Å²) in [6, 6.07) is 13.8. The molecule has 0 spiro atoms. The normalized spacial score (nSPS) is 11.2. The Bertz CT molecular complexity index is 1080. The molecule has 0 atom stereocenters. The van der Waals surface area contributed by atoms with Crippen molar-refractivity contribution in [2.24, 2.45) is 0 Å². The first-order chi connectivity index (χ1) is 13.3. The van der Waals surface area contributed by atoms with Crippen LogP contribution in [0, 0.1) is 0 Å². The average Bonchev–Trinajstić information content (AvgIpc) is 3.16. The molecule has 0 aliphatic rings. The first kappa shape index (κ1) is 20.3. The molecule has 0 fully saturated rings. The quantitative estimate of drug-likeness (QED) is 0.606. The van der Waals surface area contributed by atoms with E-state index in [2.05, 4.69) is 4.72 Å². The SMILES string of the molecule is CN(Cc1ccco1)C(=O)c1ccc(Cl)c(S(=O)(=O)Nc2ccc(Cl)cc2)c1. The zero-order chi connectivity index (χ0) is 20.3. The Labute approximate surface area is 172 Å². The number of hydrogen-bond donors (Lipinski definition) is 1. The molecule has 2 aromatic carbocycles. The average molecular weight is 439 g/mol. The van der Waals surface area contributed by atoms with Crippen LogP contribution in [-0.4, -0.2) is 26.3 Å². The molecule has 0 bridgehead atoms. The molecule has 0 aliphatic carbocycles. The summed E-state index contributed by atoms with van der Waals surface area (Å²) in [5.74, 6) is 0.248. The van der Waals surface area contributed by atoms with Crippen LogP contribution in [0.25, 0.3) is 0 Å². The highest BCUT2D eigenvalue weighted by Crippen LogP contribution is 2.26. The van der Waals surface area contributed by atoms with Crippen molar-refractivity contribution >= 4 is 44.8 Å². The van der Waals surface area contributed by atoms with E-state index >= 15 is 0 Å². The van der Waals surface area contributed by atoms with Gasteiger partial charge in [0.05, 0.1) is 17.8 Å². The van der Waals surface area contributed by atoms with E-state index in [-0.39, 0.29) is 27.9 Å². The number of carbonyl (C=O) groups excluding carboxylic acids is 1. The Morgan fingerprint density at radius 1 is 1.11 bits per heavy atom. The summed E-state index contributed by atoms with van der Waals surface area (Å²) in [4.78, 5) is 13.9. The monoisotopic (exact) mass is 438 g/mol. The van der Waals surface area contributed by atoms with Crippen molar-refractivity contribution in [1.82, 2.24) is 4.90 Å². The van der Waals surface area contributed by atoms with Crippen molar-refractivity contribution in [2.75, 3.05) is 11.8 Å². The lowest BCUT2D eigenvalue weighted by Crippen LogP contribution is -2.26. The van der Waals surface area contributed by atoms with Crippen molar-refractivity contribution in [1.29, 1.82) is 0 Å². The lowest BCUT2D eigenvalue weighted by molar-refractivity contribution is 0.0775. The van der Waals surface area contributed by atoms with Crippen molar-refractivity contribution in [3.63, 3.8) is 0 Å². The smallest absolute Gasteiger partial charge is 0.263 e. The molecular formula is C19H16Cl2N2O4S. The van der Waals surface area contributed by atoms with Crippen molar-refractivity contribution in [3.05, 3.63) is 82.2 Å². The Morgan fingerprint density at radius 3 is 2.46 bits per heavy atom. The molecule has 1 heterocycles. The molecule has 9 heteroatoms. The fourth-order valence-corrected chi connectivity index (χ4v) is 4.21. The first-order valence-corrected chi connectivity index (χ1v) is 10.4. The summed E-state index contributed by atoms with van der Waals surface area (Å²) < 4.78 is 33.1. The zero-order valence-corrected chi connectivity index (χ0v) is 17.1. The number of nitrogens with one attached hydrogen (secondary N) is 1. The second-order valence-electron chi connectivity index (χ2n) is 6.00. The number of carbonyl (C=O) groups is 1. The van der Waals surface area contributed by atoms with E-state index in [1.54, 1.807) is 31.3 Å². The second-order valence-corrected chi connectivity index (χ2v) is 8.49.